The highest BCUT2D eigenvalue weighted by atomic mass is 16.2. The van der Waals surface area contributed by atoms with Crippen molar-refractivity contribution < 1.29 is 4.79 Å². The monoisotopic (exact) mass is 284 g/mol. The number of hydrogen-bond donors (Lipinski definition) is 1. The van der Waals surface area contributed by atoms with Gasteiger partial charge >= 0.3 is 0 Å². The van der Waals surface area contributed by atoms with E-state index >= 15 is 0 Å². The highest BCUT2D eigenvalue weighted by molar-refractivity contribution is 6.04. The zero-order valence-electron chi connectivity index (χ0n) is 12.2. The zero-order chi connectivity index (χ0) is 14.4. The topological polar surface area (TPSA) is 50.2 Å². The molecule has 2 aromatic rings. The Bertz CT molecular complexity index is 679. The summed E-state index contributed by atoms with van der Waals surface area (Å²) in [5.74, 6) is 0.681. The van der Waals surface area contributed by atoms with E-state index in [9.17, 15) is 4.79 Å². The van der Waals surface area contributed by atoms with E-state index in [4.69, 9.17) is 0 Å². The maximum atomic E-state index is 12.8. The number of likely N-dealkylation sites (tertiary alicyclic amines) is 1. The molecule has 0 spiro atoms. The molecule has 1 aromatic heterocycles. The number of carbonyl (C=O) groups excluding carboxylic acids is 1. The van der Waals surface area contributed by atoms with Crippen molar-refractivity contribution in [2.75, 3.05) is 19.6 Å². The first-order chi connectivity index (χ1) is 10.2. The molecule has 110 valence electrons. The summed E-state index contributed by atoms with van der Waals surface area (Å²) in [6, 6.07) is 8.40. The summed E-state index contributed by atoms with van der Waals surface area (Å²) in [7, 11) is 1.89. The average Bonchev–Trinajstić information content (AvgIpc) is 3.09. The van der Waals surface area contributed by atoms with Crippen LogP contribution in [0.15, 0.2) is 24.3 Å². The minimum absolute atomic E-state index is 0.0722. The largest absolute Gasteiger partial charge is 0.335 e. The van der Waals surface area contributed by atoms with Crippen molar-refractivity contribution in [2.45, 2.75) is 18.9 Å². The van der Waals surface area contributed by atoms with E-state index in [0.717, 1.165) is 30.5 Å². The molecule has 1 aromatic carbocycles. The number of benzene rings is 1. The van der Waals surface area contributed by atoms with Gasteiger partial charge in [-0.25, -0.2) is 0 Å². The summed E-state index contributed by atoms with van der Waals surface area (Å²) in [6.07, 6.45) is 2.44. The van der Waals surface area contributed by atoms with Crippen LogP contribution < -0.4 is 5.32 Å². The number of rotatable bonds is 1. The fourth-order valence-corrected chi connectivity index (χ4v) is 3.73. The summed E-state index contributed by atoms with van der Waals surface area (Å²) < 4.78 is 1.80. The van der Waals surface area contributed by atoms with Crippen LogP contribution in [-0.4, -0.2) is 46.3 Å². The fraction of sp³-hybridized carbons (Fsp3) is 0.500. The molecule has 0 radical (unpaired) electrons. The van der Waals surface area contributed by atoms with Crippen LogP contribution in [0.1, 0.15) is 23.3 Å². The van der Waals surface area contributed by atoms with Crippen molar-refractivity contribution >= 4 is 16.8 Å². The van der Waals surface area contributed by atoms with Crippen molar-refractivity contribution in [3.63, 3.8) is 0 Å². The van der Waals surface area contributed by atoms with Gasteiger partial charge in [-0.05, 0) is 31.4 Å². The van der Waals surface area contributed by atoms with Crippen LogP contribution in [0.2, 0.25) is 0 Å². The van der Waals surface area contributed by atoms with Gasteiger partial charge in [0.2, 0.25) is 0 Å². The number of carbonyl (C=O) groups is 1. The molecule has 2 atom stereocenters. The maximum absolute atomic E-state index is 12.8. The standard InChI is InChI=1S/C16H20N4O/c1-19-14-7-3-2-6-12(14)15(18-19)16(21)20-9-11-5-4-8-17-13(11)10-20/h2-3,6-7,11,13,17H,4-5,8-10H2,1H3/t11-,13+/m0/s1. The Balaban J connectivity index is 1.65. The van der Waals surface area contributed by atoms with Crippen molar-refractivity contribution in [1.82, 2.24) is 20.0 Å². The highest BCUT2D eigenvalue weighted by Gasteiger charge is 2.37. The Kier molecular flexibility index (Phi) is 2.96. The number of hydrogen-bond acceptors (Lipinski definition) is 3. The van der Waals surface area contributed by atoms with Gasteiger partial charge in [0.25, 0.3) is 5.91 Å². The normalized spacial score (nSPS) is 25.3. The molecule has 3 heterocycles. The zero-order valence-corrected chi connectivity index (χ0v) is 12.2. The second-order valence-corrected chi connectivity index (χ2v) is 6.16. The van der Waals surface area contributed by atoms with Gasteiger partial charge in [-0.2, -0.15) is 5.10 Å². The third-order valence-electron chi connectivity index (χ3n) is 4.85. The number of fused-ring (bicyclic) bond motifs is 2. The van der Waals surface area contributed by atoms with Crippen molar-refractivity contribution in [2.24, 2.45) is 13.0 Å². The summed E-state index contributed by atoms with van der Waals surface area (Å²) in [4.78, 5) is 14.8. The van der Waals surface area contributed by atoms with Crippen LogP contribution in [0.3, 0.4) is 0 Å². The summed E-state index contributed by atoms with van der Waals surface area (Å²) in [5.41, 5.74) is 1.60. The number of piperidine rings is 1. The number of amides is 1. The van der Waals surface area contributed by atoms with Gasteiger partial charge in [0.05, 0.1) is 5.52 Å². The van der Waals surface area contributed by atoms with Crippen LogP contribution >= 0.6 is 0 Å². The van der Waals surface area contributed by atoms with Gasteiger partial charge in [-0.15, -0.1) is 0 Å². The van der Waals surface area contributed by atoms with E-state index in [2.05, 4.69) is 10.4 Å². The fourth-order valence-electron chi connectivity index (χ4n) is 3.73. The molecule has 0 aliphatic carbocycles. The Morgan fingerprint density at radius 3 is 3.05 bits per heavy atom. The van der Waals surface area contributed by atoms with Crippen LogP contribution in [0, 0.1) is 5.92 Å². The molecule has 2 saturated heterocycles. The molecule has 2 aliphatic heterocycles. The number of nitrogens with one attached hydrogen (secondary N) is 1. The van der Waals surface area contributed by atoms with Crippen LogP contribution in [0.25, 0.3) is 10.9 Å². The van der Waals surface area contributed by atoms with Gasteiger partial charge in [0, 0.05) is 31.6 Å². The van der Waals surface area contributed by atoms with Crippen LogP contribution in [0.4, 0.5) is 0 Å². The van der Waals surface area contributed by atoms with Gasteiger partial charge < -0.3 is 10.2 Å². The van der Waals surface area contributed by atoms with Gasteiger partial charge in [0.15, 0.2) is 5.69 Å². The maximum Gasteiger partial charge on any atom is 0.275 e. The smallest absolute Gasteiger partial charge is 0.275 e. The summed E-state index contributed by atoms with van der Waals surface area (Å²) >= 11 is 0. The Labute approximate surface area is 123 Å². The lowest BCUT2D eigenvalue weighted by molar-refractivity contribution is 0.0781. The Morgan fingerprint density at radius 2 is 2.19 bits per heavy atom. The second kappa shape index (κ2) is 4.84. The van der Waals surface area contributed by atoms with Gasteiger partial charge in [0.1, 0.15) is 0 Å². The van der Waals surface area contributed by atoms with E-state index in [0.29, 0.717) is 17.7 Å². The van der Waals surface area contributed by atoms with Gasteiger partial charge in [-0.1, -0.05) is 18.2 Å². The molecule has 21 heavy (non-hydrogen) atoms. The minimum Gasteiger partial charge on any atom is -0.335 e. The van der Waals surface area contributed by atoms with E-state index in [1.54, 1.807) is 4.68 Å². The molecule has 0 unspecified atom stereocenters. The van der Waals surface area contributed by atoms with E-state index < -0.39 is 0 Å². The average molecular weight is 284 g/mol. The minimum atomic E-state index is 0.0722. The quantitative estimate of drug-likeness (QED) is 0.861. The molecule has 1 amide bonds. The Morgan fingerprint density at radius 1 is 1.33 bits per heavy atom. The highest BCUT2D eigenvalue weighted by Crippen LogP contribution is 2.27. The van der Waals surface area contributed by atoms with E-state index in [1.807, 2.05) is 36.2 Å². The number of aromatic nitrogens is 2. The van der Waals surface area contributed by atoms with Crippen molar-refractivity contribution in [3.8, 4) is 0 Å². The second-order valence-electron chi connectivity index (χ2n) is 6.16. The molecule has 5 heteroatoms. The number of para-hydroxylation sites is 1. The molecule has 4 rings (SSSR count). The molecule has 2 aliphatic rings. The van der Waals surface area contributed by atoms with E-state index in [-0.39, 0.29) is 5.91 Å². The third kappa shape index (κ3) is 2.03. The first kappa shape index (κ1) is 12.8. The molecule has 1 N–H and O–H groups in total. The predicted octanol–water partition coefficient (Wildman–Crippen LogP) is 1.40. The number of aryl methyl sites for hydroxylation is 1. The SMILES string of the molecule is Cn1nc(C(=O)N2C[C@@H]3CCCN[C@@H]3C2)c2ccccc21. The predicted molar refractivity (Wildman–Crippen MR) is 81.1 cm³/mol. The molecular formula is C16H20N4O. The molecular weight excluding hydrogens is 264 g/mol. The molecule has 5 nitrogen and oxygen atoms in total. The van der Waals surface area contributed by atoms with Crippen LogP contribution in [-0.2, 0) is 7.05 Å². The lowest BCUT2D eigenvalue weighted by Crippen LogP contribution is -2.41. The first-order valence-electron chi connectivity index (χ1n) is 7.68. The summed E-state index contributed by atoms with van der Waals surface area (Å²) in [5, 5.41) is 8.95. The molecule has 0 bridgehead atoms. The lowest BCUT2D eigenvalue weighted by Gasteiger charge is -2.24. The van der Waals surface area contributed by atoms with E-state index in [1.165, 1.54) is 12.8 Å². The first-order valence-corrected chi connectivity index (χ1v) is 7.68. The lowest BCUT2D eigenvalue weighted by atomic mass is 9.94. The van der Waals surface area contributed by atoms with Crippen molar-refractivity contribution in [3.05, 3.63) is 30.0 Å². The summed E-state index contributed by atoms with van der Waals surface area (Å²) in [6.45, 7) is 2.76. The number of nitrogens with zero attached hydrogens (tertiary/aromatic N) is 3. The van der Waals surface area contributed by atoms with Crippen molar-refractivity contribution in [1.29, 1.82) is 0 Å². The van der Waals surface area contributed by atoms with Crippen LogP contribution in [0.5, 0.6) is 0 Å². The third-order valence-corrected chi connectivity index (χ3v) is 4.85. The molecule has 2 fully saturated rings. The Hall–Kier alpha value is -1.88. The van der Waals surface area contributed by atoms with Gasteiger partial charge in [-0.3, -0.25) is 9.48 Å². The molecule has 0 saturated carbocycles.